The normalized spacial score (nSPS) is 21.5. The molecule has 0 saturated carbocycles. The molecule has 1 saturated heterocycles. The fourth-order valence-electron chi connectivity index (χ4n) is 2.76. The summed E-state index contributed by atoms with van der Waals surface area (Å²) in [5, 5.41) is 9.11. The van der Waals surface area contributed by atoms with Crippen LogP contribution < -0.4 is 9.64 Å². The minimum atomic E-state index is 0.0425. The van der Waals surface area contributed by atoms with Crippen molar-refractivity contribution in [1.29, 1.82) is 5.26 Å². The molecule has 1 aliphatic heterocycles. The highest BCUT2D eigenvalue weighted by molar-refractivity contribution is 5.52. The van der Waals surface area contributed by atoms with Gasteiger partial charge in [-0.15, -0.1) is 0 Å². The summed E-state index contributed by atoms with van der Waals surface area (Å²) in [6.07, 6.45) is 1.12. The summed E-state index contributed by atoms with van der Waals surface area (Å²) in [6.45, 7) is 9.25. The Kier molecular flexibility index (Phi) is 3.71. The van der Waals surface area contributed by atoms with Crippen molar-refractivity contribution in [2.24, 2.45) is 5.92 Å². The fourth-order valence-corrected chi connectivity index (χ4v) is 2.76. The van der Waals surface area contributed by atoms with Crippen LogP contribution in [0.15, 0.2) is 24.3 Å². The van der Waals surface area contributed by atoms with Gasteiger partial charge in [-0.2, -0.15) is 5.26 Å². The summed E-state index contributed by atoms with van der Waals surface area (Å²) in [5.41, 5.74) is 1.21. The number of anilines is 1. The lowest BCUT2D eigenvalue weighted by Gasteiger charge is -2.33. The fraction of sp³-hybridized carbons (Fsp3) is 0.562. The third-order valence-corrected chi connectivity index (χ3v) is 3.58. The van der Waals surface area contributed by atoms with Crippen LogP contribution in [0.3, 0.4) is 0 Å². The number of nitrogens with zero attached hydrogens (tertiary/aromatic N) is 2. The quantitative estimate of drug-likeness (QED) is 0.831. The van der Waals surface area contributed by atoms with E-state index in [1.807, 2.05) is 26.0 Å². The van der Waals surface area contributed by atoms with Crippen LogP contribution in [0.2, 0.25) is 0 Å². The largest absolute Gasteiger partial charge is 0.491 e. The molecule has 1 aliphatic rings. The molecule has 3 nitrogen and oxygen atoms in total. The lowest BCUT2D eigenvalue weighted by atomic mass is 9.97. The number of rotatable bonds is 3. The van der Waals surface area contributed by atoms with E-state index in [0.29, 0.717) is 0 Å². The molecule has 1 atom stereocenters. The summed E-state index contributed by atoms with van der Waals surface area (Å²) in [5.74, 6) is 1.02. The molecule has 0 radical (unpaired) electrons. The standard InChI is InChI=1S/C16H22N2O/c1-12(2)19-15-7-5-14(6-8-15)18-11-13(10-17)9-16(18,3)4/h5-8,12-13H,9,11H2,1-4H3. The molecular formula is C16H22N2O. The van der Waals surface area contributed by atoms with Gasteiger partial charge in [-0.3, -0.25) is 0 Å². The zero-order valence-corrected chi connectivity index (χ0v) is 12.2. The third kappa shape index (κ3) is 3.01. The molecule has 1 heterocycles. The highest BCUT2D eigenvalue weighted by Crippen LogP contribution is 2.37. The Balaban J connectivity index is 2.16. The summed E-state index contributed by atoms with van der Waals surface area (Å²) >= 11 is 0. The van der Waals surface area contributed by atoms with Crippen LogP contribution in [0.5, 0.6) is 5.75 Å². The zero-order chi connectivity index (χ0) is 14.0. The van der Waals surface area contributed by atoms with Gasteiger partial charge in [0.15, 0.2) is 0 Å². The maximum atomic E-state index is 9.11. The molecule has 0 aromatic heterocycles. The van der Waals surface area contributed by atoms with Crippen molar-refractivity contribution in [3.05, 3.63) is 24.3 Å². The van der Waals surface area contributed by atoms with E-state index in [2.05, 4.69) is 36.9 Å². The molecule has 2 rings (SSSR count). The minimum Gasteiger partial charge on any atom is -0.491 e. The van der Waals surface area contributed by atoms with Gasteiger partial charge in [-0.05, 0) is 58.4 Å². The Hall–Kier alpha value is -1.69. The number of nitriles is 1. The van der Waals surface area contributed by atoms with Gasteiger partial charge in [0.05, 0.1) is 18.1 Å². The van der Waals surface area contributed by atoms with Gasteiger partial charge in [-0.1, -0.05) is 0 Å². The van der Waals surface area contributed by atoms with Crippen molar-refractivity contribution in [1.82, 2.24) is 0 Å². The Bertz CT molecular complexity index is 471. The van der Waals surface area contributed by atoms with Crippen LogP contribution in [-0.4, -0.2) is 18.2 Å². The van der Waals surface area contributed by atoms with Crippen molar-refractivity contribution >= 4 is 5.69 Å². The first kappa shape index (κ1) is 13.7. The van der Waals surface area contributed by atoms with Crippen molar-refractivity contribution < 1.29 is 4.74 Å². The molecular weight excluding hydrogens is 236 g/mol. The van der Waals surface area contributed by atoms with Gasteiger partial charge in [0.1, 0.15) is 5.75 Å². The van der Waals surface area contributed by atoms with Crippen molar-refractivity contribution in [2.75, 3.05) is 11.4 Å². The summed E-state index contributed by atoms with van der Waals surface area (Å²) in [4.78, 5) is 2.32. The van der Waals surface area contributed by atoms with E-state index >= 15 is 0 Å². The van der Waals surface area contributed by atoms with E-state index in [1.54, 1.807) is 0 Å². The Morgan fingerprint density at radius 1 is 1.32 bits per heavy atom. The maximum Gasteiger partial charge on any atom is 0.119 e. The van der Waals surface area contributed by atoms with Gasteiger partial charge < -0.3 is 9.64 Å². The summed E-state index contributed by atoms with van der Waals surface area (Å²) in [6, 6.07) is 10.6. The third-order valence-electron chi connectivity index (χ3n) is 3.58. The van der Waals surface area contributed by atoms with E-state index in [0.717, 1.165) is 18.7 Å². The molecule has 0 spiro atoms. The topological polar surface area (TPSA) is 36.3 Å². The second-order valence-electron chi connectivity index (χ2n) is 6.11. The molecule has 0 aliphatic carbocycles. The predicted octanol–water partition coefficient (Wildman–Crippen LogP) is 3.60. The molecule has 0 amide bonds. The van der Waals surface area contributed by atoms with Crippen LogP contribution in [-0.2, 0) is 0 Å². The smallest absolute Gasteiger partial charge is 0.119 e. The molecule has 1 aromatic rings. The second kappa shape index (κ2) is 5.13. The number of ether oxygens (including phenoxy) is 1. The SMILES string of the molecule is CC(C)Oc1ccc(N2CC(C#N)CC2(C)C)cc1. The van der Waals surface area contributed by atoms with Gasteiger partial charge in [-0.25, -0.2) is 0 Å². The molecule has 19 heavy (non-hydrogen) atoms. The average molecular weight is 258 g/mol. The highest BCUT2D eigenvalue weighted by Gasteiger charge is 2.38. The van der Waals surface area contributed by atoms with E-state index < -0.39 is 0 Å². The second-order valence-corrected chi connectivity index (χ2v) is 6.11. The average Bonchev–Trinajstić information content (AvgIpc) is 2.65. The molecule has 1 aromatic carbocycles. The first-order chi connectivity index (χ1) is 8.92. The first-order valence-electron chi connectivity index (χ1n) is 6.86. The molecule has 0 N–H and O–H groups in total. The number of benzene rings is 1. The summed E-state index contributed by atoms with van der Waals surface area (Å²) in [7, 11) is 0. The Labute approximate surface area is 115 Å². The van der Waals surface area contributed by atoms with E-state index in [1.165, 1.54) is 5.69 Å². The van der Waals surface area contributed by atoms with Crippen LogP contribution in [0.4, 0.5) is 5.69 Å². The van der Waals surface area contributed by atoms with E-state index in [4.69, 9.17) is 10.00 Å². The first-order valence-corrected chi connectivity index (χ1v) is 6.86. The lowest BCUT2D eigenvalue weighted by molar-refractivity contribution is 0.242. The molecule has 3 heteroatoms. The summed E-state index contributed by atoms with van der Waals surface area (Å²) < 4.78 is 5.66. The van der Waals surface area contributed by atoms with Crippen molar-refractivity contribution in [3.8, 4) is 11.8 Å². The predicted molar refractivity (Wildman–Crippen MR) is 77.4 cm³/mol. The minimum absolute atomic E-state index is 0.0425. The Morgan fingerprint density at radius 2 is 1.95 bits per heavy atom. The van der Waals surface area contributed by atoms with E-state index in [-0.39, 0.29) is 17.6 Å². The van der Waals surface area contributed by atoms with Gasteiger partial charge in [0.2, 0.25) is 0 Å². The van der Waals surface area contributed by atoms with Crippen LogP contribution in [0.25, 0.3) is 0 Å². The van der Waals surface area contributed by atoms with Crippen LogP contribution >= 0.6 is 0 Å². The lowest BCUT2D eigenvalue weighted by Crippen LogP contribution is -2.38. The molecule has 1 fully saturated rings. The van der Waals surface area contributed by atoms with Crippen LogP contribution in [0.1, 0.15) is 34.1 Å². The van der Waals surface area contributed by atoms with Crippen LogP contribution in [0, 0.1) is 17.2 Å². The molecule has 1 unspecified atom stereocenters. The molecule has 102 valence electrons. The zero-order valence-electron chi connectivity index (χ0n) is 12.2. The van der Waals surface area contributed by atoms with Gasteiger partial charge in [0.25, 0.3) is 0 Å². The number of hydrogen-bond donors (Lipinski definition) is 0. The highest BCUT2D eigenvalue weighted by atomic mass is 16.5. The monoisotopic (exact) mass is 258 g/mol. The van der Waals surface area contributed by atoms with Gasteiger partial charge >= 0.3 is 0 Å². The molecule has 0 bridgehead atoms. The number of hydrogen-bond acceptors (Lipinski definition) is 3. The maximum absolute atomic E-state index is 9.11. The van der Waals surface area contributed by atoms with Crippen molar-refractivity contribution in [3.63, 3.8) is 0 Å². The van der Waals surface area contributed by atoms with Gasteiger partial charge in [0, 0.05) is 17.8 Å². The Morgan fingerprint density at radius 3 is 2.42 bits per heavy atom. The van der Waals surface area contributed by atoms with E-state index in [9.17, 15) is 0 Å². The van der Waals surface area contributed by atoms with Crippen molar-refractivity contribution in [2.45, 2.75) is 45.8 Å².